The number of methoxy groups -OCH3 is 1. The minimum absolute atomic E-state index is 0.0123. The summed E-state index contributed by atoms with van der Waals surface area (Å²) in [7, 11) is 1.22. The molecule has 3 atom stereocenters. The molecule has 0 fully saturated rings. The first-order valence-corrected chi connectivity index (χ1v) is 10.7. The fraction of sp³-hybridized carbons (Fsp3) is 0.318. The highest BCUT2D eigenvalue weighted by Gasteiger charge is 2.30. The van der Waals surface area contributed by atoms with Crippen molar-refractivity contribution < 1.29 is 29.0 Å². The molecule has 31 heavy (non-hydrogen) atoms. The number of carbonyl (C=O) groups is 3. The first kappa shape index (κ1) is 24.6. The molecule has 166 valence electrons. The fourth-order valence-corrected chi connectivity index (χ4v) is 3.11. The van der Waals surface area contributed by atoms with Gasteiger partial charge in [0.25, 0.3) is 0 Å². The molecular weight excluding hydrogens is 515 g/mol. The Labute approximate surface area is 194 Å². The first-order valence-electron chi connectivity index (χ1n) is 9.58. The Morgan fingerprint density at radius 3 is 2.23 bits per heavy atom. The van der Waals surface area contributed by atoms with Crippen molar-refractivity contribution >= 4 is 40.6 Å². The van der Waals surface area contributed by atoms with Crippen molar-refractivity contribution in [3.8, 4) is 0 Å². The molecule has 2 amide bonds. The third-order valence-electron chi connectivity index (χ3n) is 4.41. The number of nitrogens with one attached hydrogen (secondary N) is 2. The largest absolute Gasteiger partial charge is 0.467 e. The van der Waals surface area contributed by atoms with Crippen LogP contribution >= 0.6 is 22.6 Å². The van der Waals surface area contributed by atoms with Gasteiger partial charge in [0, 0.05) is 9.99 Å². The van der Waals surface area contributed by atoms with Crippen LogP contribution in [0.2, 0.25) is 0 Å². The van der Waals surface area contributed by atoms with Gasteiger partial charge in [-0.05, 0) is 52.8 Å². The zero-order valence-corrected chi connectivity index (χ0v) is 19.4. The number of aliphatic hydroxyl groups is 1. The van der Waals surface area contributed by atoms with Crippen molar-refractivity contribution in [3.63, 3.8) is 0 Å². The van der Waals surface area contributed by atoms with Crippen LogP contribution in [0.5, 0.6) is 0 Å². The Hall–Kier alpha value is -2.66. The van der Waals surface area contributed by atoms with Crippen molar-refractivity contribution in [2.24, 2.45) is 0 Å². The first-order chi connectivity index (χ1) is 14.8. The number of rotatable bonds is 9. The summed E-state index contributed by atoms with van der Waals surface area (Å²) in [5, 5.41) is 14.9. The van der Waals surface area contributed by atoms with Crippen molar-refractivity contribution in [2.45, 2.75) is 38.1 Å². The molecule has 0 spiro atoms. The Bertz CT molecular complexity index is 873. The average Bonchev–Trinajstić information content (AvgIpc) is 2.76. The Balaban J connectivity index is 2.00. The molecule has 0 saturated heterocycles. The number of alkyl carbamates (subject to hydrolysis) is 1. The van der Waals surface area contributed by atoms with Crippen LogP contribution < -0.4 is 10.6 Å². The Morgan fingerprint density at radius 2 is 1.65 bits per heavy atom. The van der Waals surface area contributed by atoms with Gasteiger partial charge in [0.2, 0.25) is 5.91 Å². The van der Waals surface area contributed by atoms with Crippen LogP contribution in [0.4, 0.5) is 4.79 Å². The van der Waals surface area contributed by atoms with Crippen LogP contribution in [0.25, 0.3) is 0 Å². The quantitative estimate of drug-likeness (QED) is 0.332. The second-order valence-corrected chi connectivity index (χ2v) is 8.08. The van der Waals surface area contributed by atoms with E-state index in [1.54, 1.807) is 12.1 Å². The molecule has 0 radical (unpaired) electrons. The zero-order chi connectivity index (χ0) is 22.8. The van der Waals surface area contributed by atoms with Crippen LogP contribution in [0.1, 0.15) is 18.1 Å². The van der Waals surface area contributed by atoms with E-state index in [1.807, 2.05) is 42.5 Å². The fourth-order valence-electron chi connectivity index (χ4n) is 2.75. The van der Waals surface area contributed by atoms with E-state index in [-0.39, 0.29) is 13.0 Å². The lowest BCUT2D eigenvalue weighted by Crippen LogP contribution is -2.56. The summed E-state index contributed by atoms with van der Waals surface area (Å²) in [5.41, 5.74) is 1.60. The van der Waals surface area contributed by atoms with Crippen LogP contribution in [-0.4, -0.2) is 48.4 Å². The molecule has 8 nitrogen and oxygen atoms in total. The average molecular weight is 540 g/mol. The van der Waals surface area contributed by atoms with Crippen LogP contribution in [0.15, 0.2) is 54.6 Å². The molecule has 0 aromatic heterocycles. The number of esters is 1. The maximum atomic E-state index is 12.7. The number of benzene rings is 2. The summed E-state index contributed by atoms with van der Waals surface area (Å²) in [6.45, 7) is 1.37. The van der Waals surface area contributed by atoms with Crippen molar-refractivity contribution in [1.82, 2.24) is 10.6 Å². The van der Waals surface area contributed by atoms with Crippen molar-refractivity contribution in [1.29, 1.82) is 0 Å². The highest BCUT2D eigenvalue weighted by Crippen LogP contribution is 2.10. The summed E-state index contributed by atoms with van der Waals surface area (Å²) in [6.07, 6.45) is -1.89. The lowest BCUT2D eigenvalue weighted by atomic mass is 10.0. The molecule has 2 aromatic rings. The lowest BCUT2D eigenvalue weighted by Gasteiger charge is -2.24. The third kappa shape index (κ3) is 8.18. The minimum atomic E-state index is -1.31. The number of aliphatic hydroxyl groups excluding tert-OH is 1. The zero-order valence-electron chi connectivity index (χ0n) is 17.2. The summed E-state index contributed by atoms with van der Waals surface area (Å²) in [5.74, 6) is -1.37. The molecule has 9 heteroatoms. The van der Waals surface area contributed by atoms with E-state index >= 15 is 0 Å². The standard InChI is InChI=1S/C22H25IN2O6/c1-14(26)19(25-22(29)31-13-16-6-4-3-5-7-16)20(27)24-18(21(28)30-2)12-15-8-10-17(23)11-9-15/h3-11,14,18-19,26H,12-13H2,1-2H3,(H,24,27)(H,25,29)/t14-,18+,19+/m1/s1. The molecule has 0 aliphatic rings. The second kappa shape index (κ2) is 12.3. The molecule has 2 aromatic carbocycles. The molecule has 0 bridgehead atoms. The van der Waals surface area contributed by atoms with Gasteiger partial charge in [-0.25, -0.2) is 9.59 Å². The smallest absolute Gasteiger partial charge is 0.408 e. The predicted molar refractivity (Wildman–Crippen MR) is 122 cm³/mol. The molecule has 0 saturated carbocycles. The topological polar surface area (TPSA) is 114 Å². The van der Waals surface area contributed by atoms with E-state index in [0.29, 0.717) is 0 Å². The number of amides is 2. The highest BCUT2D eigenvalue weighted by molar-refractivity contribution is 14.1. The molecule has 3 N–H and O–H groups in total. The monoisotopic (exact) mass is 540 g/mol. The molecule has 0 heterocycles. The van der Waals surface area contributed by atoms with Crippen molar-refractivity contribution in [2.75, 3.05) is 7.11 Å². The molecule has 0 unspecified atom stereocenters. The third-order valence-corrected chi connectivity index (χ3v) is 5.13. The summed E-state index contributed by atoms with van der Waals surface area (Å²) >= 11 is 2.17. The number of ether oxygens (including phenoxy) is 2. The lowest BCUT2D eigenvalue weighted by molar-refractivity contribution is -0.145. The van der Waals surface area contributed by atoms with Gasteiger partial charge in [0.05, 0.1) is 13.2 Å². The summed E-state index contributed by atoms with van der Waals surface area (Å²) < 4.78 is 10.9. The molecule has 0 aliphatic carbocycles. The van der Waals surface area contributed by atoms with Crippen LogP contribution in [0, 0.1) is 3.57 Å². The van der Waals surface area contributed by atoms with Gasteiger partial charge in [0.15, 0.2) is 0 Å². The molecular formula is C22H25IN2O6. The Kier molecular flexibility index (Phi) is 9.73. The number of halogens is 1. The minimum Gasteiger partial charge on any atom is -0.467 e. The van der Waals surface area contributed by atoms with Gasteiger partial charge < -0.3 is 25.2 Å². The Morgan fingerprint density at radius 1 is 1.00 bits per heavy atom. The van der Waals surface area contributed by atoms with E-state index in [4.69, 9.17) is 9.47 Å². The summed E-state index contributed by atoms with van der Waals surface area (Å²) in [6, 6.07) is 14.2. The van der Waals surface area contributed by atoms with Gasteiger partial charge in [0.1, 0.15) is 18.7 Å². The maximum Gasteiger partial charge on any atom is 0.408 e. The van der Waals surface area contributed by atoms with Gasteiger partial charge >= 0.3 is 12.1 Å². The highest BCUT2D eigenvalue weighted by atomic mass is 127. The van der Waals surface area contributed by atoms with Gasteiger partial charge in [-0.3, -0.25) is 4.79 Å². The number of carbonyl (C=O) groups excluding carboxylic acids is 3. The molecule has 2 rings (SSSR count). The van der Waals surface area contributed by atoms with Gasteiger partial charge in [-0.15, -0.1) is 0 Å². The van der Waals surface area contributed by atoms with E-state index in [9.17, 15) is 19.5 Å². The van der Waals surface area contributed by atoms with Crippen LogP contribution in [0.3, 0.4) is 0 Å². The summed E-state index contributed by atoms with van der Waals surface area (Å²) in [4.78, 5) is 37.0. The van der Waals surface area contributed by atoms with Crippen LogP contribution in [-0.2, 0) is 32.1 Å². The van der Waals surface area contributed by atoms with E-state index in [2.05, 4.69) is 33.2 Å². The van der Waals surface area contributed by atoms with E-state index in [0.717, 1.165) is 14.7 Å². The predicted octanol–water partition coefficient (Wildman–Crippen LogP) is 2.17. The maximum absolute atomic E-state index is 12.7. The van der Waals surface area contributed by atoms with Crippen molar-refractivity contribution in [3.05, 3.63) is 69.3 Å². The van der Waals surface area contributed by atoms with Gasteiger partial charge in [-0.2, -0.15) is 0 Å². The SMILES string of the molecule is COC(=O)[C@H](Cc1ccc(I)cc1)NC(=O)[C@@H](NC(=O)OCc1ccccc1)[C@@H](C)O. The number of hydrogen-bond donors (Lipinski definition) is 3. The van der Waals surface area contributed by atoms with E-state index < -0.39 is 36.2 Å². The number of hydrogen-bond acceptors (Lipinski definition) is 6. The van der Waals surface area contributed by atoms with E-state index in [1.165, 1.54) is 14.0 Å². The second-order valence-electron chi connectivity index (χ2n) is 6.84. The molecule has 0 aliphatic heterocycles. The van der Waals surface area contributed by atoms with Gasteiger partial charge in [-0.1, -0.05) is 42.5 Å². The normalized spacial score (nSPS) is 13.4.